The Balaban J connectivity index is 2.19. The molecule has 0 unspecified atom stereocenters. The lowest BCUT2D eigenvalue weighted by Crippen LogP contribution is -2.33. The van der Waals surface area contributed by atoms with Crippen LogP contribution in [-0.2, 0) is 4.79 Å². The second-order valence-corrected chi connectivity index (χ2v) is 8.90. The van der Waals surface area contributed by atoms with Gasteiger partial charge in [0.05, 0.1) is 5.56 Å². The highest BCUT2D eigenvalue weighted by atomic mass is 16.2. The van der Waals surface area contributed by atoms with Gasteiger partial charge in [-0.1, -0.05) is 20.8 Å². The minimum absolute atomic E-state index is 0.0597. The fourth-order valence-electron chi connectivity index (χ4n) is 3.22. The van der Waals surface area contributed by atoms with E-state index in [2.05, 4.69) is 20.4 Å². The number of piperidine rings is 1. The lowest BCUT2D eigenvalue weighted by Gasteiger charge is -2.30. The van der Waals surface area contributed by atoms with Crippen molar-refractivity contribution in [3.8, 4) is 0 Å². The Morgan fingerprint density at radius 1 is 1.11 bits per heavy atom. The molecule has 156 valence electrons. The highest BCUT2D eigenvalue weighted by Gasteiger charge is 2.23. The van der Waals surface area contributed by atoms with Crippen molar-refractivity contribution < 1.29 is 9.59 Å². The molecule has 0 radical (unpaired) electrons. The summed E-state index contributed by atoms with van der Waals surface area (Å²) in [7, 11) is 4.05. The van der Waals surface area contributed by atoms with Gasteiger partial charge in [-0.2, -0.15) is 0 Å². The third-order valence-electron chi connectivity index (χ3n) is 4.94. The van der Waals surface area contributed by atoms with E-state index in [-0.39, 0.29) is 11.8 Å². The number of amides is 2. The first-order valence-corrected chi connectivity index (χ1v) is 10.3. The zero-order chi connectivity index (χ0) is 20.7. The van der Waals surface area contributed by atoms with E-state index in [1.807, 2.05) is 53.1 Å². The van der Waals surface area contributed by atoms with Gasteiger partial charge in [-0.05, 0) is 64.5 Å². The van der Waals surface area contributed by atoms with Gasteiger partial charge in [-0.3, -0.25) is 9.59 Å². The zero-order valence-electron chi connectivity index (χ0n) is 18.1. The van der Waals surface area contributed by atoms with Gasteiger partial charge in [0.2, 0.25) is 5.91 Å². The van der Waals surface area contributed by atoms with E-state index in [1.165, 1.54) is 6.42 Å². The van der Waals surface area contributed by atoms with Crippen molar-refractivity contribution in [1.29, 1.82) is 0 Å². The average molecular weight is 389 g/mol. The normalized spacial score (nSPS) is 14.9. The molecule has 6 nitrogen and oxygen atoms in total. The van der Waals surface area contributed by atoms with Crippen LogP contribution in [0.2, 0.25) is 0 Å². The summed E-state index contributed by atoms with van der Waals surface area (Å²) in [4.78, 5) is 29.7. The molecule has 1 aromatic rings. The first kappa shape index (κ1) is 22.2. The Bertz CT molecular complexity index is 674. The first-order chi connectivity index (χ1) is 13.2. The summed E-state index contributed by atoms with van der Waals surface area (Å²) in [6.45, 7) is 9.13. The first-order valence-electron chi connectivity index (χ1n) is 10.3. The number of hydrogen-bond donors (Lipinski definition) is 2. The van der Waals surface area contributed by atoms with Crippen LogP contribution in [0.4, 0.5) is 11.4 Å². The Hall–Kier alpha value is -2.08. The van der Waals surface area contributed by atoms with Gasteiger partial charge in [-0.15, -0.1) is 0 Å². The van der Waals surface area contributed by atoms with Crippen LogP contribution in [0.15, 0.2) is 18.2 Å². The molecular formula is C22H36N4O2. The number of carbonyl (C=O) groups excluding carboxylic acids is 2. The van der Waals surface area contributed by atoms with Gasteiger partial charge in [0.15, 0.2) is 0 Å². The van der Waals surface area contributed by atoms with Crippen molar-refractivity contribution in [1.82, 2.24) is 10.2 Å². The molecule has 2 amide bonds. The molecule has 2 rings (SSSR count). The van der Waals surface area contributed by atoms with Crippen molar-refractivity contribution >= 4 is 23.2 Å². The van der Waals surface area contributed by atoms with Crippen LogP contribution in [0, 0.1) is 5.41 Å². The maximum absolute atomic E-state index is 12.9. The van der Waals surface area contributed by atoms with Crippen molar-refractivity contribution in [2.75, 3.05) is 50.5 Å². The van der Waals surface area contributed by atoms with E-state index in [4.69, 9.17) is 0 Å². The molecule has 2 N–H and O–H groups in total. The summed E-state index contributed by atoms with van der Waals surface area (Å²) < 4.78 is 0. The second kappa shape index (κ2) is 9.92. The Kier molecular flexibility index (Phi) is 7.87. The molecular weight excluding hydrogens is 352 g/mol. The topological polar surface area (TPSA) is 64.7 Å². The summed E-state index contributed by atoms with van der Waals surface area (Å²) in [6.07, 6.45) is 4.43. The molecule has 0 aliphatic carbocycles. The molecule has 0 spiro atoms. The molecule has 6 heteroatoms. The van der Waals surface area contributed by atoms with Crippen LogP contribution in [0.25, 0.3) is 0 Å². The number of benzene rings is 1. The quantitative estimate of drug-likeness (QED) is 0.703. The van der Waals surface area contributed by atoms with Crippen molar-refractivity contribution in [3.63, 3.8) is 0 Å². The Labute approximate surface area is 169 Å². The van der Waals surface area contributed by atoms with E-state index in [1.54, 1.807) is 0 Å². The van der Waals surface area contributed by atoms with E-state index < -0.39 is 5.41 Å². The van der Waals surface area contributed by atoms with Crippen LogP contribution < -0.4 is 15.5 Å². The summed E-state index contributed by atoms with van der Waals surface area (Å²) in [6, 6.07) is 5.68. The van der Waals surface area contributed by atoms with Gasteiger partial charge in [0, 0.05) is 36.4 Å². The molecule has 0 atom stereocenters. The van der Waals surface area contributed by atoms with Gasteiger partial charge in [0.25, 0.3) is 5.91 Å². The summed E-state index contributed by atoms with van der Waals surface area (Å²) in [5.41, 5.74) is 1.77. The number of rotatable bonds is 7. The van der Waals surface area contributed by atoms with Crippen LogP contribution in [-0.4, -0.2) is 57.0 Å². The average Bonchev–Trinajstić information content (AvgIpc) is 2.64. The van der Waals surface area contributed by atoms with Gasteiger partial charge in [-0.25, -0.2) is 0 Å². The Morgan fingerprint density at radius 2 is 1.79 bits per heavy atom. The fourth-order valence-corrected chi connectivity index (χ4v) is 3.22. The zero-order valence-corrected chi connectivity index (χ0v) is 18.1. The number of nitrogens with one attached hydrogen (secondary N) is 2. The maximum Gasteiger partial charge on any atom is 0.253 e. The molecule has 28 heavy (non-hydrogen) atoms. The number of hydrogen-bond acceptors (Lipinski definition) is 4. The molecule has 0 saturated carbocycles. The number of nitrogens with zero attached hydrogens (tertiary/aromatic N) is 2. The molecule has 1 heterocycles. The minimum Gasteiger partial charge on any atom is -0.371 e. The lowest BCUT2D eigenvalue weighted by atomic mass is 9.95. The SMILES string of the molecule is CN(C)CCCNC(=O)c1cc(NC(=O)C(C)(C)C)ccc1N1CCCCC1. The van der Waals surface area contributed by atoms with E-state index in [9.17, 15) is 9.59 Å². The van der Waals surface area contributed by atoms with E-state index >= 15 is 0 Å². The predicted octanol–water partition coefficient (Wildman–Crippen LogP) is 3.34. The van der Waals surface area contributed by atoms with Crippen LogP contribution >= 0.6 is 0 Å². The predicted molar refractivity (Wildman–Crippen MR) is 116 cm³/mol. The third-order valence-corrected chi connectivity index (χ3v) is 4.94. The monoisotopic (exact) mass is 388 g/mol. The molecule has 1 aliphatic heterocycles. The molecule has 1 aliphatic rings. The highest BCUT2D eigenvalue weighted by Crippen LogP contribution is 2.28. The van der Waals surface area contributed by atoms with E-state index in [0.717, 1.165) is 44.6 Å². The Morgan fingerprint density at radius 3 is 2.39 bits per heavy atom. The minimum atomic E-state index is -0.486. The molecule has 1 aromatic carbocycles. The molecule has 1 fully saturated rings. The summed E-state index contributed by atoms with van der Waals surface area (Å²) in [5, 5.41) is 5.98. The second-order valence-electron chi connectivity index (χ2n) is 8.90. The third kappa shape index (κ3) is 6.51. The molecule has 0 aromatic heterocycles. The van der Waals surface area contributed by atoms with Gasteiger partial charge >= 0.3 is 0 Å². The largest absolute Gasteiger partial charge is 0.371 e. The van der Waals surface area contributed by atoms with Crippen LogP contribution in [0.5, 0.6) is 0 Å². The van der Waals surface area contributed by atoms with Crippen molar-refractivity contribution in [3.05, 3.63) is 23.8 Å². The summed E-state index contributed by atoms with van der Waals surface area (Å²) in [5.74, 6) is -0.137. The van der Waals surface area contributed by atoms with Gasteiger partial charge in [0.1, 0.15) is 0 Å². The maximum atomic E-state index is 12.9. The summed E-state index contributed by atoms with van der Waals surface area (Å²) >= 11 is 0. The lowest BCUT2D eigenvalue weighted by molar-refractivity contribution is -0.123. The van der Waals surface area contributed by atoms with E-state index in [0.29, 0.717) is 17.8 Å². The molecule has 0 bridgehead atoms. The van der Waals surface area contributed by atoms with Crippen LogP contribution in [0.1, 0.15) is 56.8 Å². The smallest absolute Gasteiger partial charge is 0.253 e. The highest BCUT2D eigenvalue weighted by molar-refractivity contribution is 6.02. The molecule has 1 saturated heterocycles. The van der Waals surface area contributed by atoms with Gasteiger partial charge < -0.3 is 20.4 Å². The number of anilines is 2. The van der Waals surface area contributed by atoms with Crippen LogP contribution in [0.3, 0.4) is 0 Å². The van der Waals surface area contributed by atoms with Crippen molar-refractivity contribution in [2.45, 2.75) is 46.5 Å². The van der Waals surface area contributed by atoms with Crippen molar-refractivity contribution in [2.24, 2.45) is 5.41 Å². The fraction of sp³-hybridized carbons (Fsp3) is 0.636. The number of carbonyl (C=O) groups is 2. The standard InChI is InChI=1S/C22H36N4O2/c1-22(2,3)21(28)24-17-10-11-19(26-14-7-6-8-15-26)18(16-17)20(27)23-12-9-13-25(4)5/h10-11,16H,6-9,12-15H2,1-5H3,(H,23,27)(H,24,28).